The van der Waals surface area contributed by atoms with E-state index in [1.165, 1.54) is 10.4 Å². The maximum atomic E-state index is 12.2. The molecule has 2 heterocycles. The van der Waals surface area contributed by atoms with E-state index in [1.807, 2.05) is 42.5 Å². The zero-order valence-electron chi connectivity index (χ0n) is 13.0. The number of aliphatic imine (C=N–C) groups is 1. The van der Waals surface area contributed by atoms with Gasteiger partial charge in [0.2, 0.25) is 0 Å². The Kier molecular flexibility index (Phi) is 3.97. The number of anilines is 1. The summed E-state index contributed by atoms with van der Waals surface area (Å²) in [5.74, 6) is -0.0982. The Balaban J connectivity index is 1.54. The summed E-state index contributed by atoms with van der Waals surface area (Å²) in [5.41, 5.74) is 4.98. The molecule has 0 atom stereocenters. The molecule has 0 saturated carbocycles. The van der Waals surface area contributed by atoms with Gasteiger partial charge in [-0.1, -0.05) is 30.3 Å². The van der Waals surface area contributed by atoms with Crippen LogP contribution in [0, 0.1) is 0 Å². The van der Waals surface area contributed by atoms with Crippen LogP contribution in [0.4, 0.5) is 5.69 Å². The minimum Gasteiger partial charge on any atom is -0.322 e. The number of carbonyl (C=O) groups excluding carboxylic acids is 1. The summed E-state index contributed by atoms with van der Waals surface area (Å²) in [6.07, 6.45) is 1.02. The molecule has 0 spiro atoms. The highest BCUT2D eigenvalue weighted by atomic mass is 32.1. The van der Waals surface area contributed by atoms with Gasteiger partial charge in [0.1, 0.15) is 0 Å². The van der Waals surface area contributed by atoms with Crippen LogP contribution in [0.15, 0.2) is 71.0 Å². The molecule has 4 heteroatoms. The van der Waals surface area contributed by atoms with E-state index in [9.17, 15) is 4.79 Å². The Bertz CT molecular complexity index is 895. The first kappa shape index (κ1) is 14.8. The number of thiophene rings is 1. The lowest BCUT2D eigenvalue weighted by atomic mass is 10.0. The van der Waals surface area contributed by atoms with E-state index in [2.05, 4.69) is 16.8 Å². The molecular formula is C20H16N2OS. The molecule has 118 valence electrons. The van der Waals surface area contributed by atoms with Crippen LogP contribution in [0.25, 0.3) is 0 Å². The Morgan fingerprint density at radius 1 is 1.00 bits per heavy atom. The monoisotopic (exact) mass is 332 g/mol. The molecule has 1 N–H and O–H groups in total. The lowest BCUT2D eigenvalue weighted by Gasteiger charge is -2.13. The Labute approximate surface area is 144 Å². The van der Waals surface area contributed by atoms with Gasteiger partial charge in [-0.25, -0.2) is 0 Å². The highest BCUT2D eigenvalue weighted by molar-refractivity contribution is 7.12. The van der Waals surface area contributed by atoms with Crippen LogP contribution in [-0.2, 0) is 6.42 Å². The topological polar surface area (TPSA) is 41.5 Å². The predicted octanol–water partition coefficient (Wildman–Crippen LogP) is 4.39. The summed E-state index contributed by atoms with van der Waals surface area (Å²) >= 11 is 1.74. The Morgan fingerprint density at radius 3 is 2.58 bits per heavy atom. The number of hydrogen-bond donors (Lipinski definition) is 1. The standard InChI is InChI=1S/C20H16N2OS/c23-20(16-4-2-1-3-5-16)22-17-8-6-14(7-9-17)18-19-15(10-12-21-18)11-13-24-19/h1-9,11,13H,10,12H2,(H,22,23). The van der Waals surface area contributed by atoms with Gasteiger partial charge in [0.15, 0.2) is 0 Å². The summed E-state index contributed by atoms with van der Waals surface area (Å²) in [6, 6.07) is 19.3. The number of carbonyl (C=O) groups is 1. The summed E-state index contributed by atoms with van der Waals surface area (Å²) in [4.78, 5) is 18.2. The van der Waals surface area contributed by atoms with Gasteiger partial charge in [-0.15, -0.1) is 11.3 Å². The molecule has 0 radical (unpaired) electrons. The predicted molar refractivity (Wildman–Crippen MR) is 99.4 cm³/mol. The zero-order chi connectivity index (χ0) is 16.4. The fourth-order valence-electron chi connectivity index (χ4n) is 2.83. The van der Waals surface area contributed by atoms with Gasteiger partial charge < -0.3 is 5.32 Å². The number of nitrogens with one attached hydrogen (secondary N) is 1. The normalized spacial score (nSPS) is 13.1. The smallest absolute Gasteiger partial charge is 0.255 e. The van der Waals surface area contributed by atoms with E-state index < -0.39 is 0 Å². The minimum absolute atomic E-state index is 0.0982. The largest absolute Gasteiger partial charge is 0.322 e. The molecule has 1 aromatic heterocycles. The highest BCUT2D eigenvalue weighted by Gasteiger charge is 2.17. The molecule has 0 unspecified atom stereocenters. The van der Waals surface area contributed by atoms with E-state index in [-0.39, 0.29) is 5.91 Å². The van der Waals surface area contributed by atoms with Crippen molar-refractivity contribution in [3.63, 3.8) is 0 Å². The molecular weight excluding hydrogens is 316 g/mol. The van der Waals surface area contributed by atoms with Crippen LogP contribution in [-0.4, -0.2) is 18.2 Å². The average Bonchev–Trinajstić information content (AvgIpc) is 3.12. The van der Waals surface area contributed by atoms with Gasteiger partial charge >= 0.3 is 0 Å². The molecule has 4 rings (SSSR count). The van der Waals surface area contributed by atoms with E-state index in [0.29, 0.717) is 5.56 Å². The van der Waals surface area contributed by atoms with Gasteiger partial charge in [-0.2, -0.15) is 0 Å². The van der Waals surface area contributed by atoms with Gasteiger partial charge in [0.25, 0.3) is 5.91 Å². The third-order valence-electron chi connectivity index (χ3n) is 4.07. The molecule has 24 heavy (non-hydrogen) atoms. The first-order chi connectivity index (χ1) is 11.8. The zero-order valence-corrected chi connectivity index (χ0v) is 13.8. The van der Waals surface area contributed by atoms with Gasteiger partial charge in [-0.3, -0.25) is 9.79 Å². The SMILES string of the molecule is O=C(Nc1ccc(C2=NCCc3ccsc32)cc1)c1ccccc1. The van der Waals surface area contributed by atoms with Gasteiger partial charge in [0.05, 0.1) is 10.6 Å². The molecule has 0 saturated heterocycles. The van der Waals surface area contributed by atoms with Crippen molar-refractivity contribution in [1.29, 1.82) is 0 Å². The lowest BCUT2D eigenvalue weighted by molar-refractivity contribution is 0.102. The van der Waals surface area contributed by atoms with E-state index >= 15 is 0 Å². The first-order valence-corrected chi connectivity index (χ1v) is 8.77. The number of rotatable bonds is 3. The number of fused-ring (bicyclic) bond motifs is 1. The average molecular weight is 332 g/mol. The summed E-state index contributed by atoms with van der Waals surface area (Å²) in [6.45, 7) is 0.839. The third kappa shape index (κ3) is 2.88. The maximum absolute atomic E-state index is 12.2. The fraction of sp³-hybridized carbons (Fsp3) is 0.100. The molecule has 1 aliphatic heterocycles. The number of benzene rings is 2. The van der Waals surface area contributed by atoms with Crippen LogP contribution in [0.3, 0.4) is 0 Å². The van der Waals surface area contributed by atoms with E-state index in [4.69, 9.17) is 4.99 Å². The van der Waals surface area contributed by atoms with Crippen LogP contribution in [0.5, 0.6) is 0 Å². The van der Waals surface area contributed by atoms with Crippen LogP contribution in [0.1, 0.15) is 26.4 Å². The Hall–Kier alpha value is -2.72. The number of hydrogen-bond acceptors (Lipinski definition) is 3. The van der Waals surface area contributed by atoms with Crippen molar-refractivity contribution in [1.82, 2.24) is 0 Å². The second kappa shape index (κ2) is 6.42. The van der Waals surface area contributed by atoms with Crippen molar-refractivity contribution in [2.45, 2.75) is 6.42 Å². The lowest BCUT2D eigenvalue weighted by Crippen LogP contribution is -2.13. The second-order valence-electron chi connectivity index (χ2n) is 5.65. The van der Waals surface area contributed by atoms with Gasteiger partial charge in [-0.05, 0) is 47.7 Å². The molecule has 3 aromatic rings. The van der Waals surface area contributed by atoms with Crippen LogP contribution < -0.4 is 5.32 Å². The fourth-order valence-corrected chi connectivity index (χ4v) is 3.81. The van der Waals surface area contributed by atoms with Crippen molar-refractivity contribution in [2.24, 2.45) is 4.99 Å². The number of amides is 1. The molecule has 2 aromatic carbocycles. The molecule has 0 fully saturated rings. The minimum atomic E-state index is -0.0982. The van der Waals surface area contributed by atoms with Crippen molar-refractivity contribution in [2.75, 3.05) is 11.9 Å². The quantitative estimate of drug-likeness (QED) is 0.759. The van der Waals surface area contributed by atoms with Gasteiger partial charge in [0, 0.05) is 23.4 Å². The van der Waals surface area contributed by atoms with Crippen LogP contribution in [0.2, 0.25) is 0 Å². The van der Waals surface area contributed by atoms with Crippen molar-refractivity contribution < 1.29 is 4.79 Å². The number of nitrogens with zero attached hydrogens (tertiary/aromatic N) is 1. The highest BCUT2D eigenvalue weighted by Crippen LogP contribution is 2.26. The Morgan fingerprint density at radius 2 is 1.79 bits per heavy atom. The van der Waals surface area contributed by atoms with Crippen molar-refractivity contribution in [3.05, 3.63) is 87.6 Å². The summed E-state index contributed by atoms with van der Waals surface area (Å²) in [5, 5.41) is 5.05. The summed E-state index contributed by atoms with van der Waals surface area (Å²) in [7, 11) is 0. The van der Waals surface area contributed by atoms with Crippen molar-refractivity contribution in [3.8, 4) is 0 Å². The first-order valence-electron chi connectivity index (χ1n) is 7.89. The molecule has 1 aliphatic rings. The molecule has 3 nitrogen and oxygen atoms in total. The van der Waals surface area contributed by atoms with Crippen molar-refractivity contribution >= 4 is 28.6 Å². The molecule has 0 aliphatic carbocycles. The maximum Gasteiger partial charge on any atom is 0.255 e. The van der Waals surface area contributed by atoms with E-state index in [0.717, 1.165) is 29.9 Å². The second-order valence-corrected chi connectivity index (χ2v) is 6.57. The summed E-state index contributed by atoms with van der Waals surface area (Å²) < 4.78 is 0. The van der Waals surface area contributed by atoms with E-state index in [1.54, 1.807) is 23.5 Å². The molecule has 1 amide bonds. The van der Waals surface area contributed by atoms with Crippen LogP contribution >= 0.6 is 11.3 Å². The molecule has 0 bridgehead atoms. The third-order valence-corrected chi connectivity index (χ3v) is 5.03.